The summed E-state index contributed by atoms with van der Waals surface area (Å²) in [5.41, 5.74) is 0. The molecule has 0 radical (unpaired) electrons. The number of likely N-dealkylation sites (tertiary alicyclic amines) is 1. The summed E-state index contributed by atoms with van der Waals surface area (Å²) in [6.07, 6.45) is 3.54. The number of hydrogen-bond acceptors (Lipinski definition) is 2. The van der Waals surface area contributed by atoms with Crippen molar-refractivity contribution < 1.29 is 9.90 Å². The van der Waals surface area contributed by atoms with Crippen LogP contribution in [-0.4, -0.2) is 34.6 Å². The molecule has 0 bridgehead atoms. The molecule has 0 spiro atoms. The van der Waals surface area contributed by atoms with Crippen LogP contribution in [0.15, 0.2) is 0 Å². The van der Waals surface area contributed by atoms with E-state index in [2.05, 4.69) is 32.6 Å². The van der Waals surface area contributed by atoms with Crippen molar-refractivity contribution in [3.63, 3.8) is 0 Å². The molecule has 0 aromatic rings. The van der Waals surface area contributed by atoms with Crippen molar-refractivity contribution in [1.82, 2.24) is 4.90 Å². The van der Waals surface area contributed by atoms with Crippen molar-refractivity contribution in [2.75, 3.05) is 6.54 Å². The molecular weight excluding hydrogens is 214 g/mol. The van der Waals surface area contributed by atoms with E-state index in [9.17, 15) is 4.79 Å². The van der Waals surface area contributed by atoms with Crippen LogP contribution in [0.1, 0.15) is 53.4 Å². The van der Waals surface area contributed by atoms with Crippen LogP contribution in [0.25, 0.3) is 0 Å². The molecule has 1 rings (SSSR count). The highest BCUT2D eigenvalue weighted by molar-refractivity contribution is 5.66. The van der Waals surface area contributed by atoms with Gasteiger partial charge in [0, 0.05) is 18.5 Å². The first kappa shape index (κ1) is 14.5. The number of piperidine rings is 1. The summed E-state index contributed by atoms with van der Waals surface area (Å²) >= 11 is 0. The van der Waals surface area contributed by atoms with Crippen molar-refractivity contribution in [3.05, 3.63) is 0 Å². The van der Waals surface area contributed by atoms with Gasteiger partial charge in [0.15, 0.2) is 0 Å². The highest BCUT2D eigenvalue weighted by Crippen LogP contribution is 2.31. The van der Waals surface area contributed by atoms with E-state index in [1.165, 1.54) is 12.8 Å². The lowest BCUT2D eigenvalue weighted by Gasteiger charge is -2.43. The molecule has 0 aromatic heterocycles. The van der Waals surface area contributed by atoms with Crippen molar-refractivity contribution in [2.45, 2.75) is 65.5 Å². The summed E-state index contributed by atoms with van der Waals surface area (Å²) in [4.78, 5) is 13.2. The third-order valence-electron chi connectivity index (χ3n) is 4.10. The van der Waals surface area contributed by atoms with E-state index in [1.807, 2.05) is 0 Å². The number of aliphatic carboxylic acids is 1. The first-order chi connectivity index (χ1) is 7.91. The Morgan fingerprint density at radius 2 is 2.00 bits per heavy atom. The van der Waals surface area contributed by atoms with E-state index in [0.717, 1.165) is 24.8 Å². The molecule has 3 heteroatoms. The van der Waals surface area contributed by atoms with E-state index in [0.29, 0.717) is 18.5 Å². The molecule has 0 aromatic carbocycles. The van der Waals surface area contributed by atoms with Gasteiger partial charge in [-0.15, -0.1) is 0 Å². The lowest BCUT2D eigenvalue weighted by atomic mass is 9.81. The molecule has 2 atom stereocenters. The minimum absolute atomic E-state index is 0.304. The fourth-order valence-corrected chi connectivity index (χ4v) is 2.96. The van der Waals surface area contributed by atoms with Gasteiger partial charge < -0.3 is 5.11 Å². The summed E-state index contributed by atoms with van der Waals surface area (Å²) in [6, 6.07) is 0.995. The lowest BCUT2D eigenvalue weighted by molar-refractivity contribution is -0.137. The minimum atomic E-state index is -0.666. The van der Waals surface area contributed by atoms with Gasteiger partial charge in [-0.1, -0.05) is 13.8 Å². The molecule has 1 fully saturated rings. The van der Waals surface area contributed by atoms with Gasteiger partial charge in [0.1, 0.15) is 0 Å². The Balaban J connectivity index is 2.59. The van der Waals surface area contributed by atoms with E-state index < -0.39 is 5.97 Å². The van der Waals surface area contributed by atoms with Crippen molar-refractivity contribution in [3.8, 4) is 0 Å². The second-order valence-corrected chi connectivity index (χ2v) is 5.95. The van der Waals surface area contributed by atoms with Crippen LogP contribution < -0.4 is 0 Å². The first-order valence-electron chi connectivity index (χ1n) is 6.89. The van der Waals surface area contributed by atoms with Crippen LogP contribution in [0.2, 0.25) is 0 Å². The van der Waals surface area contributed by atoms with Crippen LogP contribution in [0.5, 0.6) is 0 Å². The number of hydrogen-bond donors (Lipinski definition) is 1. The van der Waals surface area contributed by atoms with Gasteiger partial charge in [-0.05, 0) is 51.5 Å². The Morgan fingerprint density at radius 1 is 1.35 bits per heavy atom. The molecule has 1 saturated heterocycles. The fourth-order valence-electron chi connectivity index (χ4n) is 2.96. The molecule has 1 heterocycles. The monoisotopic (exact) mass is 241 g/mol. The highest BCUT2D eigenvalue weighted by Gasteiger charge is 2.31. The quantitative estimate of drug-likeness (QED) is 0.804. The summed E-state index contributed by atoms with van der Waals surface area (Å²) in [6.45, 7) is 10.1. The smallest absolute Gasteiger partial charge is 0.303 e. The molecule has 1 aliphatic rings. The van der Waals surface area contributed by atoms with Gasteiger partial charge >= 0.3 is 5.97 Å². The molecule has 100 valence electrons. The van der Waals surface area contributed by atoms with Crippen LogP contribution in [0, 0.1) is 11.8 Å². The lowest BCUT2D eigenvalue weighted by Crippen LogP contribution is -2.47. The third kappa shape index (κ3) is 4.30. The Hall–Kier alpha value is -0.570. The largest absolute Gasteiger partial charge is 0.481 e. The van der Waals surface area contributed by atoms with E-state index in [-0.39, 0.29) is 0 Å². The Labute approximate surface area is 105 Å². The number of nitrogens with zero attached hydrogens (tertiary/aromatic N) is 1. The number of rotatable bonds is 5. The van der Waals surface area contributed by atoms with E-state index in [1.54, 1.807) is 0 Å². The second kappa shape index (κ2) is 6.39. The van der Waals surface area contributed by atoms with E-state index in [4.69, 9.17) is 5.11 Å². The summed E-state index contributed by atoms with van der Waals surface area (Å²) in [5.74, 6) is 0.820. The van der Waals surface area contributed by atoms with Crippen LogP contribution in [0.3, 0.4) is 0 Å². The Kier molecular flexibility index (Phi) is 5.44. The molecule has 2 unspecified atom stereocenters. The summed E-state index contributed by atoms with van der Waals surface area (Å²) < 4.78 is 0. The van der Waals surface area contributed by atoms with Crippen LogP contribution in [0.4, 0.5) is 0 Å². The predicted molar refractivity (Wildman–Crippen MR) is 70.1 cm³/mol. The van der Waals surface area contributed by atoms with Gasteiger partial charge in [0.2, 0.25) is 0 Å². The molecular formula is C14H27NO2. The van der Waals surface area contributed by atoms with E-state index >= 15 is 0 Å². The predicted octanol–water partition coefficient (Wildman–Crippen LogP) is 3.00. The van der Waals surface area contributed by atoms with Gasteiger partial charge in [0.05, 0.1) is 0 Å². The highest BCUT2D eigenvalue weighted by atomic mass is 16.4. The third-order valence-corrected chi connectivity index (χ3v) is 4.10. The van der Waals surface area contributed by atoms with Gasteiger partial charge in [0.25, 0.3) is 0 Å². The normalized spacial score (nSPS) is 26.7. The molecule has 1 N–H and O–H groups in total. The SMILES string of the molecule is CC(C)C1CCN(C(C)C)C(CCC(=O)O)C1. The maximum atomic E-state index is 10.7. The number of carbonyl (C=O) groups is 1. The zero-order valence-electron chi connectivity index (χ0n) is 11.6. The average Bonchev–Trinajstić information content (AvgIpc) is 2.25. The topological polar surface area (TPSA) is 40.5 Å². The van der Waals surface area contributed by atoms with Gasteiger partial charge in [-0.2, -0.15) is 0 Å². The zero-order valence-corrected chi connectivity index (χ0v) is 11.6. The molecule has 0 aliphatic carbocycles. The average molecular weight is 241 g/mol. The van der Waals surface area contributed by atoms with Crippen LogP contribution >= 0.6 is 0 Å². The molecule has 3 nitrogen and oxygen atoms in total. The maximum absolute atomic E-state index is 10.7. The summed E-state index contributed by atoms with van der Waals surface area (Å²) in [7, 11) is 0. The molecule has 0 amide bonds. The minimum Gasteiger partial charge on any atom is -0.481 e. The maximum Gasteiger partial charge on any atom is 0.303 e. The van der Waals surface area contributed by atoms with Crippen molar-refractivity contribution in [2.24, 2.45) is 11.8 Å². The van der Waals surface area contributed by atoms with Crippen LogP contribution in [-0.2, 0) is 4.79 Å². The molecule has 1 aliphatic heterocycles. The first-order valence-corrected chi connectivity index (χ1v) is 6.89. The Morgan fingerprint density at radius 3 is 2.47 bits per heavy atom. The standard InChI is InChI=1S/C14H27NO2/c1-10(2)12-7-8-15(11(3)4)13(9-12)5-6-14(16)17/h10-13H,5-9H2,1-4H3,(H,16,17). The van der Waals surface area contributed by atoms with Gasteiger partial charge in [-0.25, -0.2) is 0 Å². The molecule has 0 saturated carbocycles. The van der Waals surface area contributed by atoms with Crippen molar-refractivity contribution in [1.29, 1.82) is 0 Å². The Bertz CT molecular complexity index is 251. The zero-order chi connectivity index (χ0) is 13.0. The number of carboxylic acid groups (broad SMARTS) is 1. The number of carboxylic acids is 1. The summed E-state index contributed by atoms with van der Waals surface area (Å²) in [5, 5.41) is 8.83. The molecule has 17 heavy (non-hydrogen) atoms. The van der Waals surface area contributed by atoms with Crippen molar-refractivity contribution >= 4 is 5.97 Å². The van der Waals surface area contributed by atoms with Gasteiger partial charge in [-0.3, -0.25) is 9.69 Å². The fraction of sp³-hybridized carbons (Fsp3) is 0.929. The second-order valence-electron chi connectivity index (χ2n) is 5.95.